The van der Waals surface area contributed by atoms with Crippen molar-refractivity contribution in [3.05, 3.63) is 22.2 Å². The van der Waals surface area contributed by atoms with Gasteiger partial charge >= 0.3 is 0 Å². The number of fused-ring (bicyclic) bond motifs is 1. The summed E-state index contributed by atoms with van der Waals surface area (Å²) in [5.74, 6) is 2.37. The number of aliphatic imine (C=N–C) groups is 1. The van der Waals surface area contributed by atoms with Crippen LogP contribution in [0.1, 0.15) is 31.2 Å². The van der Waals surface area contributed by atoms with Crippen LogP contribution in [0.2, 0.25) is 0 Å². The summed E-state index contributed by atoms with van der Waals surface area (Å²) in [6.07, 6.45) is 4.93. The lowest BCUT2D eigenvalue weighted by Crippen LogP contribution is -2.46. The molecule has 6 nitrogen and oxygen atoms in total. The van der Waals surface area contributed by atoms with Gasteiger partial charge in [0.25, 0.3) is 0 Å². The monoisotopic (exact) mass is 539 g/mol. The van der Waals surface area contributed by atoms with Crippen LogP contribution in [0.15, 0.2) is 21.6 Å². The van der Waals surface area contributed by atoms with Crippen molar-refractivity contribution in [3.8, 4) is 11.5 Å². The number of ether oxygens (including phenoxy) is 3. The third-order valence-corrected chi connectivity index (χ3v) is 5.64. The number of nitrogens with one attached hydrogen (secondary N) is 2. The van der Waals surface area contributed by atoms with Gasteiger partial charge in [0.15, 0.2) is 17.5 Å². The molecule has 1 aromatic carbocycles. The topological polar surface area (TPSA) is 64.1 Å². The van der Waals surface area contributed by atoms with E-state index in [1.807, 2.05) is 12.1 Å². The van der Waals surface area contributed by atoms with Gasteiger partial charge in [-0.3, -0.25) is 4.99 Å². The van der Waals surface area contributed by atoms with Crippen LogP contribution in [-0.4, -0.2) is 40.1 Å². The number of nitrogens with zero attached hydrogens (tertiary/aromatic N) is 1. The molecule has 1 aliphatic heterocycles. The number of rotatable bonds is 7. The maximum absolute atomic E-state index is 5.47. The Balaban J connectivity index is 0.00000243. The Labute approximate surface area is 180 Å². The van der Waals surface area contributed by atoms with E-state index in [0.29, 0.717) is 12.0 Å². The van der Waals surface area contributed by atoms with Crippen LogP contribution in [0.4, 0.5) is 0 Å². The summed E-state index contributed by atoms with van der Waals surface area (Å²) in [6, 6.07) is 4.04. The van der Waals surface area contributed by atoms with E-state index in [-0.39, 0.29) is 30.8 Å². The van der Waals surface area contributed by atoms with Gasteiger partial charge in [-0.05, 0) is 58.3 Å². The van der Waals surface area contributed by atoms with Crippen molar-refractivity contribution in [2.45, 2.75) is 32.2 Å². The molecule has 2 aliphatic rings. The summed E-state index contributed by atoms with van der Waals surface area (Å²) in [6.45, 7) is 2.69. The zero-order valence-corrected chi connectivity index (χ0v) is 19.2. The summed E-state index contributed by atoms with van der Waals surface area (Å²) in [7, 11) is 3.57. The van der Waals surface area contributed by atoms with Crippen LogP contribution in [0.3, 0.4) is 0 Å². The van der Waals surface area contributed by atoms with E-state index < -0.39 is 0 Å². The Morgan fingerprint density at radius 2 is 2.12 bits per heavy atom. The second kappa shape index (κ2) is 9.98. The Kier molecular flexibility index (Phi) is 8.28. The van der Waals surface area contributed by atoms with E-state index in [2.05, 4.69) is 31.6 Å². The maximum Gasteiger partial charge on any atom is 0.231 e. The van der Waals surface area contributed by atoms with E-state index in [0.717, 1.165) is 47.1 Å². The lowest BCUT2D eigenvalue weighted by molar-refractivity contribution is 0.0732. The second-order valence-electron chi connectivity index (χ2n) is 6.69. The van der Waals surface area contributed by atoms with Gasteiger partial charge in [-0.1, -0.05) is 6.42 Å². The number of guanidine groups is 1. The molecule has 8 heteroatoms. The number of benzene rings is 1. The van der Waals surface area contributed by atoms with Crippen LogP contribution >= 0.6 is 39.9 Å². The fourth-order valence-corrected chi connectivity index (χ4v) is 3.91. The highest BCUT2D eigenvalue weighted by Gasteiger charge is 2.36. The fourth-order valence-electron chi connectivity index (χ4n) is 3.31. The first kappa shape index (κ1) is 21.6. The van der Waals surface area contributed by atoms with Crippen LogP contribution < -0.4 is 20.1 Å². The molecule has 0 aromatic heterocycles. The third kappa shape index (κ3) is 5.16. The van der Waals surface area contributed by atoms with E-state index in [1.165, 1.54) is 19.3 Å². The van der Waals surface area contributed by atoms with Crippen molar-refractivity contribution >= 4 is 45.9 Å². The van der Waals surface area contributed by atoms with Crippen molar-refractivity contribution in [2.75, 3.05) is 34.1 Å². The van der Waals surface area contributed by atoms with Gasteiger partial charge in [0.1, 0.15) is 0 Å². The highest BCUT2D eigenvalue weighted by molar-refractivity contribution is 14.0. The molecule has 1 aliphatic carbocycles. The predicted molar refractivity (Wildman–Crippen MR) is 117 cm³/mol. The summed E-state index contributed by atoms with van der Waals surface area (Å²) in [4.78, 5) is 4.34. The Morgan fingerprint density at radius 1 is 1.31 bits per heavy atom. The molecular weight excluding hydrogens is 513 g/mol. The number of hydrogen-bond donors (Lipinski definition) is 2. The standard InChI is InChI=1S/C18H26BrN3O3.HI/c1-20-17(22-11-18(4-3-5-18)6-7-23-2)21-10-13-8-14(19)16-15(9-13)24-12-25-16;/h8-9H,3-7,10-12H2,1-2H3,(H2,20,21,22);1H. The first-order valence-corrected chi connectivity index (χ1v) is 9.46. The van der Waals surface area contributed by atoms with Gasteiger partial charge in [0.05, 0.1) is 4.47 Å². The molecule has 0 atom stereocenters. The molecule has 2 N–H and O–H groups in total. The molecule has 1 fully saturated rings. The fraction of sp³-hybridized carbons (Fsp3) is 0.611. The zero-order valence-electron chi connectivity index (χ0n) is 15.3. The predicted octanol–water partition coefficient (Wildman–Crippen LogP) is 3.67. The zero-order chi connectivity index (χ0) is 17.7. The SMILES string of the molecule is CN=C(NCc1cc(Br)c2c(c1)OCO2)NCC1(CCOC)CCC1.I. The third-order valence-electron chi connectivity index (χ3n) is 5.05. The minimum absolute atomic E-state index is 0. The molecule has 146 valence electrons. The smallest absolute Gasteiger partial charge is 0.231 e. The van der Waals surface area contributed by atoms with Crippen molar-refractivity contribution < 1.29 is 14.2 Å². The summed E-state index contributed by atoms with van der Waals surface area (Å²) >= 11 is 3.53. The van der Waals surface area contributed by atoms with Gasteiger partial charge in [0, 0.05) is 33.9 Å². The van der Waals surface area contributed by atoms with Gasteiger partial charge in [-0.25, -0.2) is 0 Å². The molecule has 0 unspecified atom stereocenters. The number of halogens is 2. The summed E-state index contributed by atoms with van der Waals surface area (Å²) < 4.78 is 17.1. The first-order chi connectivity index (χ1) is 12.2. The molecule has 1 saturated carbocycles. The number of methoxy groups -OCH3 is 1. The Morgan fingerprint density at radius 3 is 2.77 bits per heavy atom. The van der Waals surface area contributed by atoms with E-state index in [9.17, 15) is 0 Å². The highest BCUT2D eigenvalue weighted by Crippen LogP contribution is 2.43. The summed E-state index contributed by atoms with van der Waals surface area (Å²) in [5, 5.41) is 6.85. The van der Waals surface area contributed by atoms with Crippen molar-refractivity contribution in [2.24, 2.45) is 10.4 Å². The molecular formula is C18H27BrIN3O3. The molecule has 0 amide bonds. The van der Waals surface area contributed by atoms with Crippen LogP contribution in [0.5, 0.6) is 11.5 Å². The highest BCUT2D eigenvalue weighted by atomic mass is 127. The van der Waals surface area contributed by atoms with Gasteiger partial charge in [0.2, 0.25) is 6.79 Å². The van der Waals surface area contributed by atoms with Crippen molar-refractivity contribution in [3.63, 3.8) is 0 Å². The molecule has 0 spiro atoms. The lowest BCUT2D eigenvalue weighted by atomic mass is 9.67. The normalized spacial score (nSPS) is 17.3. The van der Waals surface area contributed by atoms with Crippen LogP contribution in [0.25, 0.3) is 0 Å². The second-order valence-corrected chi connectivity index (χ2v) is 7.54. The number of hydrogen-bond acceptors (Lipinski definition) is 4. The van der Waals surface area contributed by atoms with E-state index >= 15 is 0 Å². The largest absolute Gasteiger partial charge is 0.454 e. The minimum atomic E-state index is 0. The molecule has 1 aromatic rings. The van der Waals surface area contributed by atoms with Gasteiger partial charge in [-0.2, -0.15) is 0 Å². The molecule has 3 rings (SSSR count). The van der Waals surface area contributed by atoms with Crippen molar-refractivity contribution in [1.29, 1.82) is 0 Å². The van der Waals surface area contributed by atoms with Gasteiger partial charge in [-0.15, -0.1) is 24.0 Å². The Bertz CT molecular complexity index is 638. The quantitative estimate of drug-likeness (QED) is 0.314. The molecule has 0 bridgehead atoms. The lowest BCUT2D eigenvalue weighted by Gasteiger charge is -2.42. The van der Waals surface area contributed by atoms with Crippen LogP contribution in [-0.2, 0) is 11.3 Å². The van der Waals surface area contributed by atoms with Crippen molar-refractivity contribution in [1.82, 2.24) is 10.6 Å². The van der Waals surface area contributed by atoms with Crippen LogP contribution in [0, 0.1) is 5.41 Å². The molecule has 26 heavy (non-hydrogen) atoms. The first-order valence-electron chi connectivity index (χ1n) is 8.67. The van der Waals surface area contributed by atoms with E-state index in [4.69, 9.17) is 14.2 Å². The average molecular weight is 540 g/mol. The van der Waals surface area contributed by atoms with E-state index in [1.54, 1.807) is 14.2 Å². The molecule has 0 radical (unpaired) electrons. The maximum atomic E-state index is 5.47. The van der Waals surface area contributed by atoms with Gasteiger partial charge < -0.3 is 24.8 Å². The molecule has 1 heterocycles. The minimum Gasteiger partial charge on any atom is -0.454 e. The average Bonchev–Trinajstić information content (AvgIpc) is 3.05. The molecule has 0 saturated heterocycles. The Hall–Kier alpha value is -0.740. The summed E-state index contributed by atoms with van der Waals surface area (Å²) in [5.41, 5.74) is 1.46.